The summed E-state index contributed by atoms with van der Waals surface area (Å²) in [5.74, 6) is -0.686. The van der Waals surface area contributed by atoms with Gasteiger partial charge in [0.1, 0.15) is 0 Å². The fourth-order valence-corrected chi connectivity index (χ4v) is 1.89. The zero-order valence-corrected chi connectivity index (χ0v) is 12.3. The van der Waals surface area contributed by atoms with Gasteiger partial charge in [-0.05, 0) is 24.1 Å². The summed E-state index contributed by atoms with van der Waals surface area (Å²) in [6.45, 7) is 1.98. The number of amides is 2. The molecule has 0 unspecified atom stereocenters. The van der Waals surface area contributed by atoms with Crippen molar-refractivity contribution < 1.29 is 14.4 Å². The molecule has 0 aliphatic rings. The molecule has 2 N–H and O–H groups in total. The van der Waals surface area contributed by atoms with Crippen LogP contribution < -0.4 is 10.8 Å². The lowest BCUT2D eigenvalue weighted by Crippen LogP contribution is -2.37. The average Bonchev–Trinajstić information content (AvgIpc) is 2.54. The highest BCUT2D eigenvalue weighted by Gasteiger charge is 2.09. The molecule has 2 aromatic carbocycles. The number of hydrogen-bond donors (Lipinski definition) is 2. The summed E-state index contributed by atoms with van der Waals surface area (Å²) in [6.07, 6.45) is 0. The molecule has 0 aromatic heterocycles. The highest BCUT2D eigenvalue weighted by atomic mass is 16.6. The maximum atomic E-state index is 11.9. The van der Waals surface area contributed by atoms with Crippen LogP contribution in [0.5, 0.6) is 0 Å². The lowest BCUT2D eigenvalue weighted by molar-refractivity contribution is -0.133. The van der Waals surface area contributed by atoms with Gasteiger partial charge in [-0.25, -0.2) is 5.48 Å². The Kier molecular flexibility index (Phi) is 5.68. The fourth-order valence-electron chi connectivity index (χ4n) is 1.89. The zero-order chi connectivity index (χ0) is 15.8. The Morgan fingerprint density at radius 2 is 1.68 bits per heavy atom. The van der Waals surface area contributed by atoms with Crippen LogP contribution in [0.15, 0.2) is 54.6 Å². The van der Waals surface area contributed by atoms with Gasteiger partial charge in [0.05, 0.1) is 13.2 Å². The molecule has 0 saturated heterocycles. The summed E-state index contributed by atoms with van der Waals surface area (Å²) < 4.78 is 0. The Bertz CT molecular complexity index is 641. The molecule has 0 saturated carbocycles. The number of benzene rings is 2. The molecule has 0 atom stereocenters. The Labute approximate surface area is 129 Å². The van der Waals surface area contributed by atoms with Gasteiger partial charge in [-0.15, -0.1) is 0 Å². The number of rotatable bonds is 6. The predicted molar refractivity (Wildman–Crippen MR) is 82.9 cm³/mol. The SMILES string of the molecule is Cc1ccccc1C(=O)NCC(=O)NOCc1ccccc1. The second-order valence-electron chi connectivity index (χ2n) is 4.80. The lowest BCUT2D eigenvalue weighted by Gasteiger charge is -2.08. The summed E-state index contributed by atoms with van der Waals surface area (Å²) >= 11 is 0. The van der Waals surface area contributed by atoms with Crippen LogP contribution in [0.2, 0.25) is 0 Å². The Balaban J connectivity index is 1.72. The normalized spacial score (nSPS) is 10.0. The lowest BCUT2D eigenvalue weighted by atomic mass is 10.1. The first-order chi connectivity index (χ1) is 10.7. The third-order valence-electron chi connectivity index (χ3n) is 3.07. The van der Waals surface area contributed by atoms with E-state index in [1.807, 2.05) is 49.4 Å². The van der Waals surface area contributed by atoms with Gasteiger partial charge in [-0.3, -0.25) is 14.4 Å². The molecule has 5 nitrogen and oxygen atoms in total. The summed E-state index contributed by atoms with van der Waals surface area (Å²) in [5, 5.41) is 2.56. The van der Waals surface area contributed by atoms with E-state index in [-0.39, 0.29) is 19.1 Å². The van der Waals surface area contributed by atoms with Gasteiger partial charge in [-0.1, -0.05) is 48.5 Å². The zero-order valence-electron chi connectivity index (χ0n) is 12.3. The van der Waals surface area contributed by atoms with Crippen molar-refractivity contribution in [1.82, 2.24) is 10.8 Å². The van der Waals surface area contributed by atoms with Crippen molar-refractivity contribution in [2.45, 2.75) is 13.5 Å². The Hall–Kier alpha value is -2.66. The number of hydrogen-bond acceptors (Lipinski definition) is 3. The van der Waals surface area contributed by atoms with E-state index in [9.17, 15) is 9.59 Å². The third-order valence-corrected chi connectivity index (χ3v) is 3.07. The highest BCUT2D eigenvalue weighted by Crippen LogP contribution is 2.06. The number of carbonyl (C=O) groups excluding carboxylic acids is 2. The van der Waals surface area contributed by atoms with E-state index in [4.69, 9.17) is 4.84 Å². The van der Waals surface area contributed by atoms with E-state index in [1.54, 1.807) is 12.1 Å². The molecular formula is C17H18N2O3. The molecule has 0 fully saturated rings. The van der Waals surface area contributed by atoms with Crippen molar-refractivity contribution in [2.24, 2.45) is 0 Å². The molecular weight excluding hydrogens is 280 g/mol. The van der Waals surface area contributed by atoms with Crippen molar-refractivity contribution in [2.75, 3.05) is 6.54 Å². The summed E-state index contributed by atoms with van der Waals surface area (Å²) in [5.41, 5.74) is 4.67. The number of nitrogens with one attached hydrogen (secondary N) is 2. The van der Waals surface area contributed by atoms with Gasteiger partial charge in [0, 0.05) is 5.56 Å². The van der Waals surface area contributed by atoms with Crippen LogP contribution in [0.4, 0.5) is 0 Å². The average molecular weight is 298 g/mol. The molecule has 2 rings (SSSR count). The molecule has 0 spiro atoms. The molecule has 114 valence electrons. The maximum Gasteiger partial charge on any atom is 0.262 e. The van der Waals surface area contributed by atoms with E-state index in [2.05, 4.69) is 10.8 Å². The van der Waals surface area contributed by atoms with Crippen molar-refractivity contribution in [3.63, 3.8) is 0 Å². The molecule has 0 radical (unpaired) electrons. The van der Waals surface area contributed by atoms with Crippen LogP contribution in [0.1, 0.15) is 21.5 Å². The van der Waals surface area contributed by atoms with Crippen LogP contribution in [0, 0.1) is 6.92 Å². The van der Waals surface area contributed by atoms with E-state index >= 15 is 0 Å². The van der Waals surface area contributed by atoms with Crippen LogP contribution >= 0.6 is 0 Å². The van der Waals surface area contributed by atoms with Crippen molar-refractivity contribution in [1.29, 1.82) is 0 Å². The van der Waals surface area contributed by atoms with Gasteiger partial charge in [0.25, 0.3) is 11.8 Å². The summed E-state index contributed by atoms with van der Waals surface area (Å²) in [6, 6.07) is 16.7. The topological polar surface area (TPSA) is 67.4 Å². The van der Waals surface area contributed by atoms with Gasteiger partial charge in [0.15, 0.2) is 0 Å². The van der Waals surface area contributed by atoms with Crippen LogP contribution in [0.25, 0.3) is 0 Å². The molecule has 5 heteroatoms. The van der Waals surface area contributed by atoms with E-state index in [0.717, 1.165) is 11.1 Å². The van der Waals surface area contributed by atoms with Crippen LogP contribution in [0.3, 0.4) is 0 Å². The Morgan fingerprint density at radius 1 is 1.00 bits per heavy atom. The quantitative estimate of drug-likeness (QED) is 0.801. The summed E-state index contributed by atoms with van der Waals surface area (Å²) in [4.78, 5) is 28.6. The maximum absolute atomic E-state index is 11.9. The standard InChI is InChI=1S/C17H18N2O3/c1-13-7-5-6-10-15(13)17(21)18-11-16(20)19-22-12-14-8-3-2-4-9-14/h2-10H,11-12H2,1H3,(H,18,21)(H,19,20). The number of hydroxylamine groups is 1. The minimum atomic E-state index is -0.405. The molecule has 0 aliphatic carbocycles. The molecule has 2 amide bonds. The molecule has 0 heterocycles. The first kappa shape index (κ1) is 15.7. The minimum absolute atomic E-state index is 0.137. The van der Waals surface area contributed by atoms with Crippen molar-refractivity contribution in [3.8, 4) is 0 Å². The van der Waals surface area contributed by atoms with Crippen molar-refractivity contribution in [3.05, 3.63) is 71.3 Å². The van der Waals surface area contributed by atoms with Crippen molar-refractivity contribution >= 4 is 11.8 Å². The largest absolute Gasteiger partial charge is 0.343 e. The molecule has 0 aliphatic heterocycles. The van der Waals surface area contributed by atoms with Crippen LogP contribution in [-0.2, 0) is 16.2 Å². The Morgan fingerprint density at radius 3 is 2.41 bits per heavy atom. The number of carbonyl (C=O) groups is 2. The van der Waals surface area contributed by atoms with E-state index in [0.29, 0.717) is 5.56 Å². The monoisotopic (exact) mass is 298 g/mol. The fraction of sp³-hybridized carbons (Fsp3) is 0.176. The number of aryl methyl sites for hydroxylation is 1. The minimum Gasteiger partial charge on any atom is -0.343 e. The van der Waals surface area contributed by atoms with E-state index < -0.39 is 5.91 Å². The second-order valence-corrected chi connectivity index (χ2v) is 4.80. The van der Waals surface area contributed by atoms with Gasteiger partial charge in [-0.2, -0.15) is 0 Å². The van der Waals surface area contributed by atoms with Gasteiger partial charge in [0.2, 0.25) is 0 Å². The summed E-state index contributed by atoms with van der Waals surface area (Å²) in [7, 11) is 0. The van der Waals surface area contributed by atoms with Crippen LogP contribution in [-0.4, -0.2) is 18.4 Å². The first-order valence-corrected chi connectivity index (χ1v) is 6.95. The molecule has 0 bridgehead atoms. The second kappa shape index (κ2) is 7.95. The molecule has 22 heavy (non-hydrogen) atoms. The predicted octanol–water partition coefficient (Wildman–Crippen LogP) is 1.97. The highest BCUT2D eigenvalue weighted by molar-refractivity contribution is 5.97. The third kappa shape index (κ3) is 4.71. The van der Waals surface area contributed by atoms with Gasteiger partial charge < -0.3 is 5.32 Å². The van der Waals surface area contributed by atoms with E-state index in [1.165, 1.54) is 0 Å². The van der Waals surface area contributed by atoms with Gasteiger partial charge >= 0.3 is 0 Å². The smallest absolute Gasteiger partial charge is 0.262 e. The first-order valence-electron chi connectivity index (χ1n) is 6.95. The molecule has 2 aromatic rings.